The van der Waals surface area contributed by atoms with Crippen LogP contribution in [0.4, 0.5) is 4.39 Å². The standard InChI is InChI=1S/C12H10FNO/c13-12-5-1-4-10(11(12)8-15)9-3-2-6-14-7-9/h1-7,15H,8H2. The lowest BCUT2D eigenvalue weighted by Gasteiger charge is -2.07. The monoisotopic (exact) mass is 203 g/mol. The van der Waals surface area contributed by atoms with Gasteiger partial charge in [0.05, 0.1) is 6.61 Å². The molecule has 0 aliphatic rings. The first-order valence-corrected chi connectivity index (χ1v) is 4.61. The molecule has 1 aromatic heterocycles. The van der Waals surface area contributed by atoms with E-state index in [2.05, 4.69) is 4.98 Å². The smallest absolute Gasteiger partial charge is 0.129 e. The Morgan fingerprint density at radius 2 is 2.07 bits per heavy atom. The summed E-state index contributed by atoms with van der Waals surface area (Å²) in [4.78, 5) is 3.96. The van der Waals surface area contributed by atoms with Gasteiger partial charge in [-0.3, -0.25) is 4.98 Å². The van der Waals surface area contributed by atoms with Crippen molar-refractivity contribution in [2.75, 3.05) is 0 Å². The van der Waals surface area contributed by atoms with Crippen molar-refractivity contribution in [3.05, 3.63) is 54.1 Å². The number of halogens is 1. The highest BCUT2D eigenvalue weighted by Crippen LogP contribution is 2.24. The summed E-state index contributed by atoms with van der Waals surface area (Å²) >= 11 is 0. The van der Waals surface area contributed by atoms with Crippen LogP contribution < -0.4 is 0 Å². The molecule has 0 bridgehead atoms. The minimum Gasteiger partial charge on any atom is -0.392 e. The molecule has 0 atom stereocenters. The lowest BCUT2D eigenvalue weighted by molar-refractivity contribution is 0.276. The van der Waals surface area contributed by atoms with E-state index in [0.29, 0.717) is 11.1 Å². The average Bonchev–Trinajstić information content (AvgIpc) is 2.30. The van der Waals surface area contributed by atoms with Crippen LogP contribution in [0.2, 0.25) is 0 Å². The van der Waals surface area contributed by atoms with E-state index >= 15 is 0 Å². The molecule has 3 heteroatoms. The quantitative estimate of drug-likeness (QED) is 0.812. The summed E-state index contributed by atoms with van der Waals surface area (Å²) in [5.41, 5.74) is 1.80. The van der Waals surface area contributed by atoms with Crippen LogP contribution in [0.1, 0.15) is 5.56 Å². The van der Waals surface area contributed by atoms with Gasteiger partial charge >= 0.3 is 0 Å². The van der Waals surface area contributed by atoms with Gasteiger partial charge in [-0.1, -0.05) is 18.2 Å². The van der Waals surface area contributed by atoms with E-state index in [0.717, 1.165) is 5.56 Å². The first kappa shape index (κ1) is 9.80. The van der Waals surface area contributed by atoms with E-state index in [1.807, 2.05) is 6.07 Å². The second-order valence-electron chi connectivity index (χ2n) is 3.17. The van der Waals surface area contributed by atoms with E-state index in [1.54, 1.807) is 30.6 Å². The van der Waals surface area contributed by atoms with E-state index in [-0.39, 0.29) is 12.4 Å². The second kappa shape index (κ2) is 4.19. The molecule has 0 fully saturated rings. The number of aromatic nitrogens is 1. The van der Waals surface area contributed by atoms with Crippen LogP contribution in [-0.4, -0.2) is 10.1 Å². The van der Waals surface area contributed by atoms with Gasteiger partial charge < -0.3 is 5.11 Å². The molecule has 1 N–H and O–H groups in total. The zero-order valence-electron chi connectivity index (χ0n) is 8.02. The van der Waals surface area contributed by atoms with Crippen molar-refractivity contribution < 1.29 is 9.50 Å². The van der Waals surface area contributed by atoms with Gasteiger partial charge in [-0.15, -0.1) is 0 Å². The van der Waals surface area contributed by atoms with Crippen molar-refractivity contribution in [2.45, 2.75) is 6.61 Å². The number of nitrogens with zero attached hydrogens (tertiary/aromatic N) is 1. The normalized spacial score (nSPS) is 10.3. The van der Waals surface area contributed by atoms with E-state index in [4.69, 9.17) is 5.11 Å². The SMILES string of the molecule is OCc1c(F)cccc1-c1cccnc1. The third-order valence-electron chi connectivity index (χ3n) is 2.25. The minimum absolute atomic E-state index is 0.309. The highest BCUT2D eigenvalue weighted by atomic mass is 19.1. The highest BCUT2D eigenvalue weighted by Gasteiger charge is 2.08. The zero-order valence-corrected chi connectivity index (χ0v) is 8.02. The third kappa shape index (κ3) is 1.87. The van der Waals surface area contributed by atoms with Gasteiger partial charge in [0, 0.05) is 23.5 Å². The van der Waals surface area contributed by atoms with Gasteiger partial charge in [-0.25, -0.2) is 4.39 Å². The summed E-state index contributed by atoms with van der Waals surface area (Å²) < 4.78 is 13.4. The average molecular weight is 203 g/mol. The topological polar surface area (TPSA) is 33.1 Å². The molecule has 0 amide bonds. The van der Waals surface area contributed by atoms with Crippen LogP contribution in [0.25, 0.3) is 11.1 Å². The Kier molecular flexibility index (Phi) is 2.74. The molecule has 2 nitrogen and oxygen atoms in total. The number of benzene rings is 1. The van der Waals surface area contributed by atoms with E-state index in [9.17, 15) is 4.39 Å². The predicted octanol–water partition coefficient (Wildman–Crippen LogP) is 2.38. The van der Waals surface area contributed by atoms with Crippen LogP contribution in [-0.2, 0) is 6.61 Å². The molecule has 1 heterocycles. The van der Waals surface area contributed by atoms with Crippen molar-refractivity contribution in [2.24, 2.45) is 0 Å². The van der Waals surface area contributed by atoms with Gasteiger partial charge in [0.2, 0.25) is 0 Å². The maximum absolute atomic E-state index is 13.4. The number of pyridine rings is 1. The van der Waals surface area contributed by atoms with Crippen molar-refractivity contribution in [3.8, 4) is 11.1 Å². The molecular formula is C12H10FNO. The molecule has 0 aliphatic carbocycles. The minimum atomic E-state index is -0.390. The summed E-state index contributed by atoms with van der Waals surface area (Å²) in [6, 6.07) is 8.34. The van der Waals surface area contributed by atoms with Crippen molar-refractivity contribution >= 4 is 0 Å². The maximum atomic E-state index is 13.4. The van der Waals surface area contributed by atoms with Gasteiger partial charge in [0.1, 0.15) is 5.82 Å². The number of hydrogen-bond donors (Lipinski definition) is 1. The van der Waals surface area contributed by atoms with Crippen molar-refractivity contribution in [3.63, 3.8) is 0 Å². The van der Waals surface area contributed by atoms with E-state index < -0.39 is 0 Å². The number of rotatable bonds is 2. The van der Waals surface area contributed by atoms with Crippen molar-refractivity contribution in [1.29, 1.82) is 0 Å². The lowest BCUT2D eigenvalue weighted by Crippen LogP contribution is -1.94. The fourth-order valence-corrected chi connectivity index (χ4v) is 1.51. The Morgan fingerprint density at radius 1 is 1.20 bits per heavy atom. The van der Waals surface area contributed by atoms with Gasteiger partial charge in [0.25, 0.3) is 0 Å². The lowest BCUT2D eigenvalue weighted by atomic mass is 10.0. The maximum Gasteiger partial charge on any atom is 0.129 e. The van der Waals surface area contributed by atoms with Gasteiger partial charge in [-0.05, 0) is 17.7 Å². The molecule has 0 radical (unpaired) electrons. The van der Waals surface area contributed by atoms with E-state index in [1.165, 1.54) is 6.07 Å². The van der Waals surface area contributed by atoms with Crippen LogP contribution >= 0.6 is 0 Å². The summed E-state index contributed by atoms with van der Waals surface area (Å²) in [7, 11) is 0. The Morgan fingerprint density at radius 3 is 2.73 bits per heavy atom. The molecular weight excluding hydrogens is 193 g/mol. The first-order chi connectivity index (χ1) is 7.33. The zero-order chi connectivity index (χ0) is 10.7. The second-order valence-corrected chi connectivity index (χ2v) is 3.17. The van der Waals surface area contributed by atoms with Gasteiger partial charge in [-0.2, -0.15) is 0 Å². The Bertz CT molecular complexity index is 456. The highest BCUT2D eigenvalue weighted by molar-refractivity contribution is 5.66. The molecule has 2 rings (SSSR count). The van der Waals surface area contributed by atoms with Crippen LogP contribution in [0.15, 0.2) is 42.7 Å². The predicted molar refractivity (Wildman–Crippen MR) is 55.6 cm³/mol. The Labute approximate surface area is 87.0 Å². The Balaban J connectivity index is 2.58. The largest absolute Gasteiger partial charge is 0.392 e. The van der Waals surface area contributed by atoms with Crippen LogP contribution in [0.5, 0.6) is 0 Å². The molecule has 0 aliphatic heterocycles. The van der Waals surface area contributed by atoms with Crippen molar-refractivity contribution in [1.82, 2.24) is 4.98 Å². The fraction of sp³-hybridized carbons (Fsp3) is 0.0833. The molecule has 0 saturated carbocycles. The number of hydrogen-bond acceptors (Lipinski definition) is 2. The summed E-state index contributed by atoms with van der Waals surface area (Å²) in [6.07, 6.45) is 3.30. The molecule has 0 spiro atoms. The van der Waals surface area contributed by atoms with Crippen LogP contribution in [0, 0.1) is 5.82 Å². The molecule has 2 aromatic rings. The molecule has 0 unspecified atom stereocenters. The first-order valence-electron chi connectivity index (χ1n) is 4.61. The van der Waals surface area contributed by atoms with Crippen LogP contribution in [0.3, 0.4) is 0 Å². The summed E-state index contributed by atoms with van der Waals surface area (Å²) in [5.74, 6) is -0.390. The summed E-state index contributed by atoms with van der Waals surface area (Å²) in [5, 5.41) is 9.10. The fourth-order valence-electron chi connectivity index (χ4n) is 1.51. The molecule has 1 aromatic carbocycles. The third-order valence-corrected chi connectivity index (χ3v) is 2.25. The molecule has 76 valence electrons. The van der Waals surface area contributed by atoms with Gasteiger partial charge in [0.15, 0.2) is 0 Å². The molecule has 15 heavy (non-hydrogen) atoms. The molecule has 0 saturated heterocycles. The Hall–Kier alpha value is -1.74. The summed E-state index contributed by atoms with van der Waals surface area (Å²) in [6.45, 7) is -0.309. The number of aliphatic hydroxyl groups excluding tert-OH is 1. The number of aliphatic hydroxyl groups is 1.